The van der Waals surface area contributed by atoms with Crippen LogP contribution in [0.25, 0.3) is 6.08 Å². The number of pyridine rings is 1. The van der Waals surface area contributed by atoms with Crippen molar-refractivity contribution < 1.29 is 19.4 Å². The van der Waals surface area contributed by atoms with Crippen LogP contribution >= 0.6 is 24.0 Å². The average molecular weight is 526 g/mol. The SMILES string of the molecule is CCC(C)n1c(O)c(C(=O)CCCN2C(=O)/C(=C/c3ccc(OC)cc3)SC2=S)c(C)c(C#N)c1=O. The van der Waals surface area contributed by atoms with Gasteiger partial charge in [-0.15, -0.1) is 0 Å². The summed E-state index contributed by atoms with van der Waals surface area (Å²) in [6.45, 7) is 5.29. The van der Waals surface area contributed by atoms with E-state index in [0.29, 0.717) is 27.8 Å². The highest BCUT2D eigenvalue weighted by atomic mass is 32.2. The van der Waals surface area contributed by atoms with Crippen LogP contribution in [-0.4, -0.2) is 44.2 Å². The van der Waals surface area contributed by atoms with Gasteiger partial charge in [0.05, 0.1) is 17.6 Å². The molecule has 0 saturated carbocycles. The lowest BCUT2D eigenvalue weighted by Crippen LogP contribution is -2.30. The lowest BCUT2D eigenvalue weighted by Gasteiger charge is -2.20. The molecule has 1 saturated heterocycles. The van der Waals surface area contributed by atoms with Crippen molar-refractivity contribution >= 4 is 46.1 Å². The van der Waals surface area contributed by atoms with Gasteiger partial charge in [-0.3, -0.25) is 23.9 Å². The van der Waals surface area contributed by atoms with Crippen LogP contribution in [0.1, 0.15) is 66.2 Å². The van der Waals surface area contributed by atoms with E-state index in [0.717, 1.165) is 10.1 Å². The summed E-state index contributed by atoms with van der Waals surface area (Å²) in [6.07, 6.45) is 2.59. The second-order valence-corrected chi connectivity index (χ2v) is 10.1. The number of ketones is 1. The minimum absolute atomic E-state index is 0.00651. The zero-order chi connectivity index (χ0) is 26.6. The topological polar surface area (TPSA) is 113 Å². The van der Waals surface area contributed by atoms with Crippen molar-refractivity contribution in [1.82, 2.24) is 9.47 Å². The van der Waals surface area contributed by atoms with E-state index in [2.05, 4.69) is 0 Å². The Balaban J connectivity index is 1.74. The molecule has 1 atom stereocenters. The van der Waals surface area contributed by atoms with E-state index < -0.39 is 17.2 Å². The molecule has 0 aliphatic carbocycles. The molecule has 1 aliphatic heterocycles. The summed E-state index contributed by atoms with van der Waals surface area (Å²) in [5, 5.41) is 20.3. The van der Waals surface area contributed by atoms with Crippen LogP contribution in [0.15, 0.2) is 34.0 Å². The first-order valence-corrected chi connectivity index (χ1v) is 12.7. The molecule has 3 rings (SSSR count). The Morgan fingerprint density at radius 1 is 1.31 bits per heavy atom. The molecule has 1 N–H and O–H groups in total. The molecule has 0 spiro atoms. The molecule has 1 amide bonds. The Kier molecular flexibility index (Phi) is 8.71. The molecular formula is C26H27N3O5S2. The lowest BCUT2D eigenvalue weighted by atomic mass is 9.98. The van der Waals surface area contributed by atoms with E-state index in [1.165, 1.54) is 23.6 Å². The highest BCUT2D eigenvalue weighted by Gasteiger charge is 2.32. The maximum absolute atomic E-state index is 13.1. The molecule has 188 valence electrons. The summed E-state index contributed by atoms with van der Waals surface area (Å²) in [5.74, 6) is -0.349. The van der Waals surface area contributed by atoms with Crippen LogP contribution in [0.5, 0.6) is 11.6 Å². The Morgan fingerprint density at radius 2 is 1.97 bits per heavy atom. The fraction of sp³-hybridized carbons (Fsp3) is 0.346. The van der Waals surface area contributed by atoms with Crippen LogP contribution in [0.4, 0.5) is 0 Å². The van der Waals surface area contributed by atoms with E-state index in [1.807, 2.05) is 25.1 Å². The van der Waals surface area contributed by atoms with Crippen LogP contribution in [-0.2, 0) is 4.79 Å². The summed E-state index contributed by atoms with van der Waals surface area (Å²) in [6, 6.07) is 8.77. The number of benzene rings is 1. The number of carbonyl (C=O) groups excluding carboxylic acids is 2. The van der Waals surface area contributed by atoms with E-state index in [9.17, 15) is 24.8 Å². The van der Waals surface area contributed by atoms with Crippen molar-refractivity contribution in [2.75, 3.05) is 13.7 Å². The summed E-state index contributed by atoms with van der Waals surface area (Å²) in [5.41, 5.74) is 0.202. The molecule has 10 heteroatoms. The zero-order valence-electron chi connectivity index (χ0n) is 20.5. The predicted molar refractivity (Wildman–Crippen MR) is 143 cm³/mol. The third-order valence-corrected chi connectivity index (χ3v) is 7.51. The zero-order valence-corrected chi connectivity index (χ0v) is 22.2. The van der Waals surface area contributed by atoms with E-state index in [4.69, 9.17) is 17.0 Å². The predicted octanol–water partition coefficient (Wildman–Crippen LogP) is 4.58. The number of hydrogen-bond donors (Lipinski definition) is 1. The number of hydrogen-bond acceptors (Lipinski definition) is 8. The highest BCUT2D eigenvalue weighted by Crippen LogP contribution is 2.33. The number of nitrogens with zero attached hydrogens (tertiary/aromatic N) is 3. The average Bonchev–Trinajstić information content (AvgIpc) is 3.11. The minimum atomic E-state index is -0.611. The first-order valence-electron chi connectivity index (χ1n) is 11.4. The number of amides is 1. The third kappa shape index (κ3) is 5.37. The molecule has 1 aliphatic rings. The van der Waals surface area contributed by atoms with Gasteiger partial charge in [-0.2, -0.15) is 5.26 Å². The third-order valence-electron chi connectivity index (χ3n) is 6.13. The fourth-order valence-electron chi connectivity index (χ4n) is 3.91. The minimum Gasteiger partial charge on any atom is -0.497 e. The number of ether oxygens (including phenoxy) is 1. The molecule has 36 heavy (non-hydrogen) atoms. The molecule has 1 unspecified atom stereocenters. The van der Waals surface area contributed by atoms with Gasteiger partial charge >= 0.3 is 0 Å². The van der Waals surface area contributed by atoms with E-state index in [1.54, 1.807) is 32.2 Å². The largest absolute Gasteiger partial charge is 0.497 e. The molecule has 8 nitrogen and oxygen atoms in total. The Bertz CT molecular complexity index is 1340. The van der Waals surface area contributed by atoms with Crippen molar-refractivity contribution in [2.45, 2.75) is 46.1 Å². The van der Waals surface area contributed by atoms with Gasteiger partial charge in [-0.05, 0) is 56.0 Å². The van der Waals surface area contributed by atoms with Gasteiger partial charge in [-0.1, -0.05) is 43.0 Å². The Labute approximate surface area is 219 Å². The van der Waals surface area contributed by atoms with Gasteiger partial charge in [0.25, 0.3) is 11.5 Å². The van der Waals surface area contributed by atoms with Gasteiger partial charge in [0.15, 0.2) is 5.78 Å². The number of Topliss-reactive ketones (excluding diaryl/α,β-unsaturated/α-hetero) is 1. The van der Waals surface area contributed by atoms with Crippen molar-refractivity contribution in [1.29, 1.82) is 5.26 Å². The number of thioether (sulfide) groups is 1. The second-order valence-electron chi connectivity index (χ2n) is 8.38. The van der Waals surface area contributed by atoms with Gasteiger partial charge < -0.3 is 9.84 Å². The number of nitriles is 1. The molecule has 0 radical (unpaired) electrons. The summed E-state index contributed by atoms with van der Waals surface area (Å²) < 4.78 is 6.66. The number of aromatic hydroxyl groups is 1. The molecule has 2 aromatic rings. The molecule has 1 aromatic heterocycles. The molecule has 1 fully saturated rings. The number of thiocarbonyl (C=S) groups is 1. The number of aromatic nitrogens is 1. The summed E-state index contributed by atoms with van der Waals surface area (Å²) in [7, 11) is 1.58. The monoisotopic (exact) mass is 525 g/mol. The first kappa shape index (κ1) is 27.2. The Hall–Kier alpha value is -3.42. The molecule has 0 bridgehead atoms. The smallest absolute Gasteiger partial charge is 0.271 e. The number of rotatable bonds is 9. The van der Waals surface area contributed by atoms with Gasteiger partial charge in [0.1, 0.15) is 21.7 Å². The van der Waals surface area contributed by atoms with Crippen LogP contribution in [0.2, 0.25) is 0 Å². The maximum Gasteiger partial charge on any atom is 0.271 e. The molecule has 2 heterocycles. The van der Waals surface area contributed by atoms with Crippen molar-refractivity contribution in [2.24, 2.45) is 0 Å². The highest BCUT2D eigenvalue weighted by molar-refractivity contribution is 8.26. The molecular weight excluding hydrogens is 498 g/mol. The quantitative estimate of drug-likeness (QED) is 0.288. The fourth-order valence-corrected chi connectivity index (χ4v) is 5.22. The van der Waals surface area contributed by atoms with Crippen molar-refractivity contribution in [3.8, 4) is 17.7 Å². The lowest BCUT2D eigenvalue weighted by molar-refractivity contribution is -0.122. The van der Waals surface area contributed by atoms with Gasteiger partial charge in [-0.25, -0.2) is 0 Å². The summed E-state index contributed by atoms with van der Waals surface area (Å²) in [4.78, 5) is 40.6. The standard InChI is InChI=1S/C26H27N3O5S2/c1-5-15(2)29-23(31)19(14-27)16(3)22(25(29)33)20(30)7-6-12-28-24(32)21(36-26(28)35)13-17-8-10-18(34-4)11-9-17/h8-11,13,15,33H,5-7,12H2,1-4H3/b21-13-. The van der Waals surface area contributed by atoms with Crippen LogP contribution < -0.4 is 10.3 Å². The number of methoxy groups -OCH3 is 1. The van der Waals surface area contributed by atoms with Gasteiger partial charge in [0.2, 0.25) is 5.88 Å². The first-order chi connectivity index (χ1) is 17.1. The number of carbonyl (C=O) groups is 2. The van der Waals surface area contributed by atoms with E-state index >= 15 is 0 Å². The van der Waals surface area contributed by atoms with Crippen LogP contribution in [0, 0.1) is 18.3 Å². The second kappa shape index (κ2) is 11.5. The maximum atomic E-state index is 13.1. The van der Waals surface area contributed by atoms with Crippen LogP contribution in [0.3, 0.4) is 0 Å². The normalized spacial score (nSPS) is 15.3. The van der Waals surface area contributed by atoms with Crippen molar-refractivity contribution in [3.63, 3.8) is 0 Å². The van der Waals surface area contributed by atoms with Crippen molar-refractivity contribution in [3.05, 3.63) is 61.8 Å². The molecule has 1 aromatic carbocycles. The Morgan fingerprint density at radius 3 is 2.56 bits per heavy atom. The van der Waals surface area contributed by atoms with E-state index in [-0.39, 0.29) is 41.6 Å². The van der Waals surface area contributed by atoms with Gasteiger partial charge in [0, 0.05) is 19.0 Å². The summed E-state index contributed by atoms with van der Waals surface area (Å²) >= 11 is 6.58.